The van der Waals surface area contributed by atoms with Gasteiger partial charge in [0.1, 0.15) is 5.69 Å². The molecule has 0 unspecified atom stereocenters. The van der Waals surface area contributed by atoms with Crippen LogP contribution in [0.5, 0.6) is 0 Å². The Morgan fingerprint density at radius 1 is 1.46 bits per heavy atom. The number of nitrogens with zero attached hydrogens (tertiary/aromatic N) is 1. The summed E-state index contributed by atoms with van der Waals surface area (Å²) in [6.07, 6.45) is 6.89. The van der Waals surface area contributed by atoms with E-state index in [2.05, 4.69) is 50.0 Å². The van der Waals surface area contributed by atoms with Crippen LogP contribution in [0.25, 0.3) is 0 Å². The lowest BCUT2D eigenvalue weighted by Gasteiger charge is -2.44. The van der Waals surface area contributed by atoms with Gasteiger partial charge in [0.05, 0.1) is 11.9 Å². The second kappa shape index (κ2) is 8.32. The lowest BCUT2D eigenvalue weighted by Crippen LogP contribution is -2.34. The molecule has 0 radical (unpaired) electrons. The quantitative estimate of drug-likeness (QED) is 0.386. The summed E-state index contributed by atoms with van der Waals surface area (Å²) in [6, 6.07) is 3.32. The van der Waals surface area contributed by atoms with Gasteiger partial charge in [-0.15, -0.1) is 6.58 Å². The Hall–Kier alpha value is -2.40. The van der Waals surface area contributed by atoms with E-state index in [1.54, 1.807) is 23.8 Å². The van der Waals surface area contributed by atoms with Crippen molar-refractivity contribution in [3.8, 4) is 0 Å². The average molecular weight is 355 g/mol. The highest BCUT2D eigenvalue weighted by Crippen LogP contribution is 2.48. The fraction of sp³-hybridized carbons (Fsp3) is 0.429. The number of rotatable bonds is 7. The number of anilines is 1. The van der Waals surface area contributed by atoms with Crippen LogP contribution in [-0.4, -0.2) is 22.6 Å². The van der Waals surface area contributed by atoms with Crippen LogP contribution >= 0.6 is 0 Å². The molecule has 3 atom stereocenters. The number of hydrogen-bond acceptors (Lipinski definition) is 4. The van der Waals surface area contributed by atoms with Gasteiger partial charge in [0.2, 0.25) is 0 Å². The van der Waals surface area contributed by atoms with Crippen molar-refractivity contribution < 1.29 is 10.0 Å². The van der Waals surface area contributed by atoms with Crippen molar-refractivity contribution in [2.45, 2.75) is 33.1 Å². The van der Waals surface area contributed by atoms with Gasteiger partial charge in [-0.05, 0) is 55.6 Å². The van der Waals surface area contributed by atoms with Gasteiger partial charge in [0.25, 0.3) is 5.91 Å². The van der Waals surface area contributed by atoms with Crippen molar-refractivity contribution in [1.29, 1.82) is 0 Å². The van der Waals surface area contributed by atoms with Crippen molar-refractivity contribution in [1.82, 2.24) is 10.5 Å². The minimum atomic E-state index is -0.626. The van der Waals surface area contributed by atoms with Gasteiger partial charge in [0.15, 0.2) is 0 Å². The molecule has 1 fully saturated rings. The predicted octanol–water partition coefficient (Wildman–Crippen LogP) is 4.35. The van der Waals surface area contributed by atoms with Crippen molar-refractivity contribution in [2.75, 3.05) is 11.9 Å². The first-order chi connectivity index (χ1) is 12.3. The van der Waals surface area contributed by atoms with E-state index in [0.29, 0.717) is 18.4 Å². The van der Waals surface area contributed by atoms with E-state index in [4.69, 9.17) is 5.21 Å². The first kappa shape index (κ1) is 19.9. The molecule has 3 N–H and O–H groups in total. The van der Waals surface area contributed by atoms with E-state index in [0.717, 1.165) is 24.9 Å². The molecule has 0 spiro atoms. The Balaban J connectivity index is 1.95. The first-order valence-corrected chi connectivity index (χ1v) is 8.91. The average Bonchev–Trinajstić information content (AvgIpc) is 2.65. The van der Waals surface area contributed by atoms with Crippen molar-refractivity contribution in [3.05, 3.63) is 61.0 Å². The number of pyridine rings is 1. The van der Waals surface area contributed by atoms with Gasteiger partial charge >= 0.3 is 0 Å². The van der Waals surface area contributed by atoms with Crippen LogP contribution in [0.1, 0.15) is 43.6 Å². The summed E-state index contributed by atoms with van der Waals surface area (Å²) >= 11 is 0. The zero-order valence-corrected chi connectivity index (χ0v) is 15.7. The maximum atomic E-state index is 11.3. The molecule has 0 aliphatic heterocycles. The van der Waals surface area contributed by atoms with Crippen LogP contribution in [0.15, 0.2) is 55.3 Å². The van der Waals surface area contributed by atoms with E-state index in [1.165, 1.54) is 11.1 Å². The lowest BCUT2D eigenvalue weighted by molar-refractivity contribution is 0.0701. The first-order valence-electron chi connectivity index (χ1n) is 8.91. The van der Waals surface area contributed by atoms with E-state index < -0.39 is 5.91 Å². The molecule has 5 heteroatoms. The molecule has 1 aliphatic carbocycles. The van der Waals surface area contributed by atoms with Crippen molar-refractivity contribution in [3.63, 3.8) is 0 Å². The van der Waals surface area contributed by atoms with Gasteiger partial charge in [0, 0.05) is 6.54 Å². The molecule has 1 aromatic heterocycles. The number of aromatic nitrogens is 1. The Kier molecular flexibility index (Phi) is 6.37. The second-order valence-corrected chi connectivity index (χ2v) is 7.47. The van der Waals surface area contributed by atoms with Gasteiger partial charge in [-0.3, -0.25) is 10.0 Å². The molecule has 140 valence electrons. The Bertz CT molecular complexity index is 696. The minimum absolute atomic E-state index is 0.114. The van der Waals surface area contributed by atoms with E-state index in [1.807, 2.05) is 0 Å². The molecule has 1 saturated carbocycles. The summed E-state index contributed by atoms with van der Waals surface area (Å²) in [7, 11) is 0. The molecule has 26 heavy (non-hydrogen) atoms. The highest BCUT2D eigenvalue weighted by molar-refractivity contribution is 5.91. The summed E-state index contributed by atoms with van der Waals surface area (Å²) < 4.78 is 0. The fourth-order valence-electron chi connectivity index (χ4n) is 3.76. The monoisotopic (exact) mass is 355 g/mol. The Labute approximate surface area is 155 Å². The number of nitrogens with one attached hydrogen (secondary N) is 2. The van der Waals surface area contributed by atoms with Gasteiger partial charge in [-0.25, -0.2) is 10.5 Å². The maximum Gasteiger partial charge on any atom is 0.293 e. The van der Waals surface area contributed by atoms with E-state index in [9.17, 15) is 4.79 Å². The number of carbonyl (C=O) groups excluding carboxylic acids is 1. The SMILES string of the molecule is C=C[C@]1(C)CC[C@@H](C(=C)CNc2ccc(C(=O)NO)nc2)C[C@H]1C(=C)C. The van der Waals surface area contributed by atoms with Gasteiger partial charge < -0.3 is 5.32 Å². The summed E-state index contributed by atoms with van der Waals surface area (Å²) in [5, 5.41) is 11.9. The third-order valence-electron chi connectivity index (χ3n) is 5.60. The van der Waals surface area contributed by atoms with Gasteiger partial charge in [-0.2, -0.15) is 0 Å². The van der Waals surface area contributed by atoms with E-state index in [-0.39, 0.29) is 11.1 Å². The van der Waals surface area contributed by atoms with Crippen LogP contribution < -0.4 is 10.8 Å². The largest absolute Gasteiger partial charge is 0.380 e. The highest BCUT2D eigenvalue weighted by Gasteiger charge is 2.38. The topological polar surface area (TPSA) is 74.2 Å². The molecule has 0 aromatic carbocycles. The zero-order valence-electron chi connectivity index (χ0n) is 15.7. The summed E-state index contributed by atoms with van der Waals surface area (Å²) in [4.78, 5) is 15.3. The molecule has 2 rings (SSSR count). The Morgan fingerprint density at radius 3 is 2.73 bits per heavy atom. The number of carbonyl (C=O) groups is 1. The molecule has 1 amide bonds. The molecule has 0 bridgehead atoms. The van der Waals surface area contributed by atoms with E-state index >= 15 is 0 Å². The van der Waals surface area contributed by atoms with Crippen LogP contribution in [0.4, 0.5) is 5.69 Å². The zero-order chi connectivity index (χ0) is 19.3. The number of allylic oxidation sites excluding steroid dienone is 2. The number of amides is 1. The molecule has 1 aliphatic rings. The number of hydroxylamine groups is 1. The van der Waals surface area contributed by atoms with Crippen molar-refractivity contribution >= 4 is 11.6 Å². The molecular weight excluding hydrogens is 326 g/mol. The maximum absolute atomic E-state index is 11.3. The standard InChI is InChI=1S/C21H29N3O2/c1-6-21(5)10-9-16(11-18(21)14(2)3)15(4)12-22-17-7-8-19(23-13-17)20(25)24-26/h6-8,13,16,18,22,26H,1-2,4,9-12H2,3,5H3,(H,24,25)/t16-,18+,21-/m1/s1. The molecule has 1 heterocycles. The second-order valence-electron chi connectivity index (χ2n) is 7.47. The van der Waals surface area contributed by atoms with Crippen LogP contribution in [0.2, 0.25) is 0 Å². The van der Waals surface area contributed by atoms with Gasteiger partial charge in [-0.1, -0.05) is 37.3 Å². The third kappa shape index (κ3) is 4.41. The Morgan fingerprint density at radius 2 is 2.19 bits per heavy atom. The normalized spacial score (nSPS) is 25.2. The fourth-order valence-corrected chi connectivity index (χ4v) is 3.76. The molecule has 0 saturated heterocycles. The predicted molar refractivity (Wildman–Crippen MR) is 105 cm³/mol. The summed E-state index contributed by atoms with van der Waals surface area (Å²) in [5.41, 5.74) is 5.03. The molecular formula is C21H29N3O2. The lowest BCUT2D eigenvalue weighted by atomic mass is 9.61. The third-order valence-corrected chi connectivity index (χ3v) is 5.60. The van der Waals surface area contributed by atoms with Crippen LogP contribution in [-0.2, 0) is 0 Å². The summed E-state index contributed by atoms with van der Waals surface area (Å²) in [5.74, 6) is 0.248. The number of hydrogen-bond donors (Lipinski definition) is 3. The summed E-state index contributed by atoms with van der Waals surface area (Å²) in [6.45, 7) is 17.5. The molecule has 1 aromatic rings. The van der Waals surface area contributed by atoms with Crippen molar-refractivity contribution in [2.24, 2.45) is 17.3 Å². The molecule has 5 nitrogen and oxygen atoms in total. The highest BCUT2D eigenvalue weighted by atomic mass is 16.5. The smallest absolute Gasteiger partial charge is 0.293 e. The van der Waals surface area contributed by atoms with Crippen LogP contribution in [0, 0.1) is 17.3 Å². The minimum Gasteiger partial charge on any atom is -0.380 e. The van der Waals surface area contributed by atoms with Crippen LogP contribution in [0.3, 0.4) is 0 Å².